The van der Waals surface area contributed by atoms with Crippen LogP contribution < -0.4 is 0 Å². The first-order valence-electron chi connectivity index (χ1n) is 5.38. The molecule has 0 radical (unpaired) electrons. The number of imidazole rings is 1. The minimum Gasteiger partial charge on any atom is -0.476 e. The second kappa shape index (κ2) is 4.85. The molecule has 3 rings (SSSR count). The van der Waals surface area contributed by atoms with Crippen LogP contribution in [-0.2, 0) is 0 Å². The van der Waals surface area contributed by atoms with E-state index in [0.717, 1.165) is 4.47 Å². The van der Waals surface area contributed by atoms with E-state index in [0.29, 0.717) is 5.69 Å². The number of aromatic nitrogens is 5. The van der Waals surface area contributed by atoms with Gasteiger partial charge in [0.1, 0.15) is 11.4 Å². The van der Waals surface area contributed by atoms with Crippen molar-refractivity contribution in [3.05, 3.63) is 34.8 Å². The summed E-state index contributed by atoms with van der Waals surface area (Å²) in [6.07, 6.45) is 2.85. The molecule has 3 heterocycles. The minimum atomic E-state index is -1.18. The summed E-state index contributed by atoms with van der Waals surface area (Å²) in [5.74, 6) is -0.874. The van der Waals surface area contributed by atoms with E-state index in [4.69, 9.17) is 9.63 Å². The number of nitrogens with one attached hydrogen (secondary N) is 1. The van der Waals surface area contributed by atoms with Crippen molar-refractivity contribution in [3.63, 3.8) is 0 Å². The number of hydrogen-bond donors (Lipinski definition) is 2. The lowest BCUT2D eigenvalue weighted by Gasteiger charge is -1.93. The van der Waals surface area contributed by atoms with E-state index in [-0.39, 0.29) is 23.1 Å². The number of carboxylic acid groups (broad SMARTS) is 1. The van der Waals surface area contributed by atoms with Crippen molar-refractivity contribution < 1.29 is 14.4 Å². The highest BCUT2D eigenvalue weighted by Crippen LogP contribution is 2.22. The number of pyridine rings is 1. The van der Waals surface area contributed by atoms with Crippen LogP contribution in [0.1, 0.15) is 10.5 Å². The van der Waals surface area contributed by atoms with Crippen LogP contribution in [0.5, 0.6) is 0 Å². The van der Waals surface area contributed by atoms with Crippen molar-refractivity contribution in [2.75, 3.05) is 0 Å². The van der Waals surface area contributed by atoms with Gasteiger partial charge in [0.2, 0.25) is 5.82 Å². The quantitative estimate of drug-likeness (QED) is 0.751. The average Bonchev–Trinajstić information content (AvgIpc) is 3.08. The van der Waals surface area contributed by atoms with Gasteiger partial charge in [0.15, 0.2) is 5.69 Å². The highest BCUT2D eigenvalue weighted by atomic mass is 79.9. The van der Waals surface area contributed by atoms with Gasteiger partial charge in [0.25, 0.3) is 5.89 Å². The molecule has 100 valence electrons. The second-order valence-corrected chi connectivity index (χ2v) is 4.63. The fourth-order valence-corrected chi connectivity index (χ4v) is 1.79. The zero-order valence-corrected chi connectivity index (χ0v) is 11.3. The molecule has 0 saturated carbocycles. The van der Waals surface area contributed by atoms with Gasteiger partial charge in [-0.1, -0.05) is 5.16 Å². The van der Waals surface area contributed by atoms with E-state index in [9.17, 15) is 4.79 Å². The van der Waals surface area contributed by atoms with E-state index < -0.39 is 5.97 Å². The summed E-state index contributed by atoms with van der Waals surface area (Å²) in [6, 6.07) is 3.50. The molecule has 0 aliphatic carbocycles. The fraction of sp³-hybridized carbons (Fsp3) is 0. The third-order valence-corrected chi connectivity index (χ3v) is 2.91. The zero-order valence-electron chi connectivity index (χ0n) is 9.74. The molecule has 0 unspecified atom stereocenters. The van der Waals surface area contributed by atoms with Crippen LogP contribution in [0.2, 0.25) is 0 Å². The highest BCUT2D eigenvalue weighted by molar-refractivity contribution is 9.10. The standard InChI is InChI=1S/C11H6BrN5O3/c12-5-1-2-6(13-3-5)9-16-10(20-17-9)7-8(11(18)19)15-4-14-7/h1-4H,(H,14,15)(H,18,19). The number of halogens is 1. The Bertz CT molecular complexity index is 764. The van der Waals surface area contributed by atoms with Gasteiger partial charge in [-0.05, 0) is 28.1 Å². The summed E-state index contributed by atoms with van der Waals surface area (Å²) >= 11 is 3.27. The number of nitrogens with zero attached hydrogens (tertiary/aromatic N) is 4. The average molecular weight is 336 g/mol. The molecule has 3 aromatic rings. The summed E-state index contributed by atoms with van der Waals surface area (Å²) < 4.78 is 5.86. The first kappa shape index (κ1) is 12.5. The van der Waals surface area contributed by atoms with E-state index in [1.54, 1.807) is 18.3 Å². The van der Waals surface area contributed by atoms with Crippen molar-refractivity contribution in [2.24, 2.45) is 0 Å². The number of aromatic carboxylic acids is 1. The summed E-state index contributed by atoms with van der Waals surface area (Å²) in [6.45, 7) is 0. The number of hydrogen-bond acceptors (Lipinski definition) is 6. The molecule has 0 spiro atoms. The Labute approximate surface area is 120 Å². The van der Waals surface area contributed by atoms with Gasteiger partial charge in [0, 0.05) is 10.7 Å². The van der Waals surface area contributed by atoms with Gasteiger partial charge in [-0.3, -0.25) is 4.98 Å². The first-order valence-corrected chi connectivity index (χ1v) is 6.17. The van der Waals surface area contributed by atoms with Crippen molar-refractivity contribution in [3.8, 4) is 23.1 Å². The zero-order chi connectivity index (χ0) is 14.1. The monoisotopic (exact) mass is 335 g/mol. The maximum Gasteiger partial charge on any atom is 0.356 e. The first-order chi connectivity index (χ1) is 9.65. The number of H-pyrrole nitrogens is 1. The van der Waals surface area contributed by atoms with Crippen LogP contribution in [0.15, 0.2) is 33.7 Å². The lowest BCUT2D eigenvalue weighted by atomic mass is 10.3. The lowest BCUT2D eigenvalue weighted by molar-refractivity contribution is 0.0691. The van der Waals surface area contributed by atoms with Gasteiger partial charge < -0.3 is 14.6 Å². The summed E-state index contributed by atoms with van der Waals surface area (Å²) in [5, 5.41) is 12.7. The van der Waals surface area contributed by atoms with Crippen molar-refractivity contribution in [2.45, 2.75) is 0 Å². The molecule has 0 atom stereocenters. The van der Waals surface area contributed by atoms with Gasteiger partial charge >= 0.3 is 5.97 Å². The smallest absolute Gasteiger partial charge is 0.356 e. The predicted octanol–water partition coefficient (Wildman–Crippen LogP) is 1.98. The Kier molecular flexibility index (Phi) is 3.03. The van der Waals surface area contributed by atoms with E-state index in [1.807, 2.05) is 0 Å². The Morgan fingerprint density at radius 1 is 1.35 bits per heavy atom. The molecule has 0 aromatic carbocycles. The number of carboxylic acids is 1. The van der Waals surface area contributed by atoms with Crippen LogP contribution in [0.3, 0.4) is 0 Å². The fourth-order valence-electron chi connectivity index (χ4n) is 1.56. The van der Waals surface area contributed by atoms with Gasteiger partial charge in [-0.15, -0.1) is 0 Å². The summed E-state index contributed by atoms with van der Waals surface area (Å²) in [5.41, 5.74) is 0.497. The van der Waals surface area contributed by atoms with E-state index in [2.05, 4.69) is 41.0 Å². The molecule has 0 saturated heterocycles. The largest absolute Gasteiger partial charge is 0.476 e. The molecule has 8 nitrogen and oxygen atoms in total. The van der Waals surface area contributed by atoms with Gasteiger partial charge in [-0.2, -0.15) is 4.98 Å². The van der Waals surface area contributed by atoms with Crippen LogP contribution in [0.25, 0.3) is 23.1 Å². The minimum absolute atomic E-state index is 0.0413. The SMILES string of the molecule is O=C(O)c1nc[nH]c1-c1nc(-c2ccc(Br)cn2)no1. The Hall–Kier alpha value is -2.55. The summed E-state index contributed by atoms with van der Waals surface area (Å²) in [4.78, 5) is 25.6. The number of carbonyl (C=O) groups is 1. The molecule has 0 aliphatic heterocycles. The Morgan fingerprint density at radius 2 is 2.20 bits per heavy atom. The van der Waals surface area contributed by atoms with Crippen LogP contribution in [-0.4, -0.2) is 36.2 Å². The topological polar surface area (TPSA) is 118 Å². The van der Waals surface area contributed by atoms with Crippen molar-refractivity contribution in [1.29, 1.82) is 0 Å². The molecule has 3 aromatic heterocycles. The van der Waals surface area contributed by atoms with Crippen molar-refractivity contribution in [1.82, 2.24) is 25.1 Å². The van der Waals surface area contributed by atoms with Crippen molar-refractivity contribution >= 4 is 21.9 Å². The molecule has 0 bridgehead atoms. The highest BCUT2D eigenvalue weighted by Gasteiger charge is 2.20. The lowest BCUT2D eigenvalue weighted by Crippen LogP contribution is -1.99. The van der Waals surface area contributed by atoms with Gasteiger partial charge in [-0.25, -0.2) is 9.78 Å². The number of rotatable bonds is 3. The van der Waals surface area contributed by atoms with Gasteiger partial charge in [0.05, 0.1) is 6.33 Å². The molecule has 20 heavy (non-hydrogen) atoms. The van der Waals surface area contributed by atoms with Crippen LogP contribution >= 0.6 is 15.9 Å². The predicted molar refractivity (Wildman–Crippen MR) is 69.8 cm³/mol. The number of aromatic amines is 1. The molecular formula is C11H6BrN5O3. The maximum atomic E-state index is 11.0. The van der Waals surface area contributed by atoms with E-state index in [1.165, 1.54) is 6.33 Å². The normalized spacial score (nSPS) is 10.7. The molecule has 2 N–H and O–H groups in total. The third-order valence-electron chi connectivity index (χ3n) is 2.44. The van der Waals surface area contributed by atoms with E-state index >= 15 is 0 Å². The molecule has 9 heteroatoms. The molecule has 0 aliphatic rings. The van der Waals surface area contributed by atoms with Crippen LogP contribution in [0, 0.1) is 0 Å². The Morgan fingerprint density at radius 3 is 2.90 bits per heavy atom. The molecular weight excluding hydrogens is 330 g/mol. The third kappa shape index (κ3) is 2.18. The second-order valence-electron chi connectivity index (χ2n) is 3.72. The summed E-state index contributed by atoms with van der Waals surface area (Å²) in [7, 11) is 0. The maximum absolute atomic E-state index is 11.0. The molecule has 0 amide bonds. The molecule has 0 fully saturated rings. The Balaban J connectivity index is 2.00. The van der Waals surface area contributed by atoms with Crippen LogP contribution in [0.4, 0.5) is 0 Å².